The first-order chi connectivity index (χ1) is 12.2. The standard InChI is InChI=1S/C18H17ClN4OS/c19-17-13(6-3-9-20-17)21-16(24)11-23-10-4-7-14(23)18-22-12-5-1-2-8-15(12)25-18/h1-3,5-6,8-9,14H,4,7,10-11H2,(H,21,24)/t14-/m0/s1. The Kier molecular flexibility index (Phi) is 4.65. The number of fused-ring (bicyclic) bond motifs is 1. The first-order valence-electron chi connectivity index (χ1n) is 8.20. The summed E-state index contributed by atoms with van der Waals surface area (Å²) in [5.41, 5.74) is 1.57. The number of thiazole rings is 1. The fourth-order valence-corrected chi connectivity index (χ4v) is 4.48. The van der Waals surface area contributed by atoms with Gasteiger partial charge in [0.15, 0.2) is 5.15 Å². The Labute approximate surface area is 154 Å². The summed E-state index contributed by atoms with van der Waals surface area (Å²) in [4.78, 5) is 23.3. The number of amides is 1. The third-order valence-electron chi connectivity index (χ3n) is 4.34. The number of carbonyl (C=O) groups excluding carboxylic acids is 1. The Hall–Kier alpha value is -2.02. The molecule has 0 saturated carbocycles. The molecule has 1 atom stereocenters. The van der Waals surface area contributed by atoms with E-state index in [1.165, 1.54) is 4.70 Å². The summed E-state index contributed by atoms with van der Waals surface area (Å²) in [6, 6.07) is 11.9. The number of hydrogen-bond acceptors (Lipinski definition) is 5. The summed E-state index contributed by atoms with van der Waals surface area (Å²) in [5.74, 6) is -0.0806. The highest BCUT2D eigenvalue weighted by Gasteiger charge is 2.30. The molecule has 128 valence electrons. The van der Waals surface area contributed by atoms with Gasteiger partial charge in [-0.2, -0.15) is 0 Å². The second-order valence-corrected chi connectivity index (χ2v) is 7.46. The average Bonchev–Trinajstić information content (AvgIpc) is 3.23. The predicted molar refractivity (Wildman–Crippen MR) is 101 cm³/mol. The van der Waals surface area contributed by atoms with Crippen molar-refractivity contribution in [2.75, 3.05) is 18.4 Å². The van der Waals surface area contributed by atoms with Crippen LogP contribution < -0.4 is 5.32 Å². The third kappa shape index (κ3) is 3.51. The van der Waals surface area contributed by atoms with Crippen LogP contribution in [0, 0.1) is 0 Å². The third-order valence-corrected chi connectivity index (χ3v) is 5.78. The smallest absolute Gasteiger partial charge is 0.238 e. The molecular weight excluding hydrogens is 356 g/mol. The van der Waals surface area contributed by atoms with Crippen LogP contribution in [0.4, 0.5) is 5.69 Å². The number of hydrogen-bond donors (Lipinski definition) is 1. The molecule has 1 amide bonds. The lowest BCUT2D eigenvalue weighted by Gasteiger charge is -2.22. The van der Waals surface area contributed by atoms with E-state index in [0.717, 1.165) is 29.9 Å². The van der Waals surface area contributed by atoms with Crippen LogP contribution >= 0.6 is 22.9 Å². The zero-order valence-electron chi connectivity index (χ0n) is 13.5. The first-order valence-corrected chi connectivity index (χ1v) is 9.40. The summed E-state index contributed by atoms with van der Waals surface area (Å²) in [5, 5.41) is 4.24. The SMILES string of the molecule is O=C(CN1CCC[C@H]1c1nc2ccccc2s1)Nc1cccnc1Cl. The highest BCUT2D eigenvalue weighted by molar-refractivity contribution is 7.18. The fourth-order valence-electron chi connectivity index (χ4n) is 3.18. The second kappa shape index (κ2) is 7.07. The molecule has 1 aliphatic heterocycles. The van der Waals surface area contributed by atoms with Gasteiger partial charge in [-0.1, -0.05) is 23.7 Å². The Bertz CT molecular complexity index is 880. The number of likely N-dealkylation sites (tertiary alicyclic amines) is 1. The Balaban J connectivity index is 1.48. The number of halogens is 1. The molecule has 0 spiro atoms. The molecule has 0 radical (unpaired) electrons. The van der Waals surface area contributed by atoms with Gasteiger partial charge in [0.2, 0.25) is 5.91 Å². The number of nitrogens with one attached hydrogen (secondary N) is 1. The number of aromatic nitrogens is 2. The maximum Gasteiger partial charge on any atom is 0.238 e. The largest absolute Gasteiger partial charge is 0.322 e. The van der Waals surface area contributed by atoms with Gasteiger partial charge in [0.25, 0.3) is 0 Å². The van der Waals surface area contributed by atoms with Crippen LogP contribution in [-0.2, 0) is 4.79 Å². The lowest BCUT2D eigenvalue weighted by atomic mass is 10.2. The van der Waals surface area contributed by atoms with E-state index in [4.69, 9.17) is 16.6 Å². The molecule has 0 unspecified atom stereocenters. The Morgan fingerprint density at radius 1 is 1.32 bits per heavy atom. The lowest BCUT2D eigenvalue weighted by Crippen LogP contribution is -2.33. The zero-order chi connectivity index (χ0) is 17.2. The van der Waals surface area contributed by atoms with Gasteiger partial charge >= 0.3 is 0 Å². The van der Waals surface area contributed by atoms with Crippen molar-refractivity contribution in [2.24, 2.45) is 0 Å². The first kappa shape index (κ1) is 16.4. The normalized spacial score (nSPS) is 17.9. The molecule has 1 saturated heterocycles. The van der Waals surface area contributed by atoms with Gasteiger partial charge in [0.05, 0.1) is 28.5 Å². The second-order valence-electron chi connectivity index (χ2n) is 6.04. The van der Waals surface area contributed by atoms with E-state index in [-0.39, 0.29) is 11.9 Å². The predicted octanol–water partition coefficient (Wildman–Crippen LogP) is 4.12. The molecular formula is C18H17ClN4OS. The van der Waals surface area contributed by atoms with Crippen LogP contribution in [0.5, 0.6) is 0 Å². The molecule has 3 aromatic rings. The van der Waals surface area contributed by atoms with Gasteiger partial charge in [-0.15, -0.1) is 11.3 Å². The van der Waals surface area contributed by atoms with Gasteiger partial charge in [0, 0.05) is 6.20 Å². The van der Waals surface area contributed by atoms with Crippen molar-refractivity contribution < 1.29 is 4.79 Å². The fraction of sp³-hybridized carbons (Fsp3) is 0.278. The molecule has 0 aliphatic carbocycles. The number of para-hydroxylation sites is 1. The van der Waals surface area contributed by atoms with Crippen molar-refractivity contribution in [3.8, 4) is 0 Å². The molecule has 7 heteroatoms. The quantitative estimate of drug-likeness (QED) is 0.700. The van der Waals surface area contributed by atoms with Gasteiger partial charge in [-0.25, -0.2) is 9.97 Å². The minimum atomic E-state index is -0.0806. The van der Waals surface area contributed by atoms with Gasteiger partial charge in [0.1, 0.15) is 5.01 Å². The van der Waals surface area contributed by atoms with Crippen molar-refractivity contribution in [2.45, 2.75) is 18.9 Å². The van der Waals surface area contributed by atoms with Crippen LogP contribution in [0.3, 0.4) is 0 Å². The number of pyridine rings is 1. The van der Waals surface area contributed by atoms with Crippen LogP contribution in [0.25, 0.3) is 10.2 Å². The molecule has 1 aliphatic rings. The summed E-state index contributed by atoms with van der Waals surface area (Å²) < 4.78 is 1.19. The number of benzene rings is 1. The topological polar surface area (TPSA) is 58.1 Å². The van der Waals surface area contributed by atoms with Crippen molar-refractivity contribution >= 4 is 44.7 Å². The number of carbonyl (C=O) groups is 1. The van der Waals surface area contributed by atoms with Crippen LogP contribution in [0.15, 0.2) is 42.6 Å². The molecule has 4 rings (SSSR count). The number of nitrogens with zero attached hydrogens (tertiary/aromatic N) is 3. The molecule has 1 fully saturated rings. The molecule has 25 heavy (non-hydrogen) atoms. The maximum absolute atomic E-state index is 12.4. The minimum Gasteiger partial charge on any atom is -0.322 e. The molecule has 1 aromatic carbocycles. The number of rotatable bonds is 4. The maximum atomic E-state index is 12.4. The van der Waals surface area contributed by atoms with Crippen LogP contribution in [-0.4, -0.2) is 33.9 Å². The molecule has 1 N–H and O–H groups in total. The Morgan fingerprint density at radius 2 is 2.20 bits per heavy atom. The molecule has 3 heterocycles. The van der Waals surface area contributed by atoms with Gasteiger partial charge < -0.3 is 5.32 Å². The van der Waals surface area contributed by atoms with Crippen molar-refractivity contribution in [1.82, 2.24) is 14.9 Å². The van der Waals surface area contributed by atoms with Crippen molar-refractivity contribution in [1.29, 1.82) is 0 Å². The highest BCUT2D eigenvalue weighted by Crippen LogP contribution is 2.36. The Morgan fingerprint density at radius 3 is 3.04 bits per heavy atom. The molecule has 5 nitrogen and oxygen atoms in total. The highest BCUT2D eigenvalue weighted by atomic mass is 35.5. The summed E-state index contributed by atoms with van der Waals surface area (Å²) >= 11 is 7.72. The van der Waals surface area contributed by atoms with Gasteiger partial charge in [-0.05, 0) is 43.7 Å². The molecule has 0 bridgehead atoms. The van der Waals surface area contributed by atoms with Crippen molar-refractivity contribution in [3.63, 3.8) is 0 Å². The van der Waals surface area contributed by atoms with Crippen molar-refractivity contribution in [3.05, 3.63) is 52.8 Å². The van der Waals surface area contributed by atoms with E-state index in [2.05, 4.69) is 21.3 Å². The zero-order valence-corrected chi connectivity index (χ0v) is 15.1. The summed E-state index contributed by atoms with van der Waals surface area (Å²) in [6.07, 6.45) is 3.70. The molecule has 2 aromatic heterocycles. The average molecular weight is 373 g/mol. The van der Waals surface area contributed by atoms with E-state index in [9.17, 15) is 4.79 Å². The van der Waals surface area contributed by atoms with E-state index >= 15 is 0 Å². The monoisotopic (exact) mass is 372 g/mol. The summed E-state index contributed by atoms with van der Waals surface area (Å²) in [7, 11) is 0. The minimum absolute atomic E-state index is 0.0806. The number of anilines is 1. The van der Waals surface area contributed by atoms with E-state index in [1.807, 2.05) is 18.2 Å². The van der Waals surface area contributed by atoms with Crippen LogP contribution in [0.1, 0.15) is 23.9 Å². The van der Waals surface area contributed by atoms with Crippen LogP contribution in [0.2, 0.25) is 5.15 Å². The van der Waals surface area contributed by atoms with Gasteiger partial charge in [-0.3, -0.25) is 9.69 Å². The van der Waals surface area contributed by atoms with E-state index < -0.39 is 0 Å². The lowest BCUT2D eigenvalue weighted by molar-refractivity contribution is -0.117. The van der Waals surface area contributed by atoms with E-state index in [0.29, 0.717) is 17.4 Å². The summed E-state index contributed by atoms with van der Waals surface area (Å²) in [6.45, 7) is 1.22. The van der Waals surface area contributed by atoms with E-state index in [1.54, 1.807) is 29.7 Å².